The van der Waals surface area contributed by atoms with Crippen molar-refractivity contribution < 1.29 is 33.6 Å². The lowest BCUT2D eigenvalue weighted by molar-refractivity contribution is 0.0999. The molecule has 2 aromatic carbocycles. The first-order valence-corrected chi connectivity index (χ1v) is 9.36. The minimum atomic E-state index is -0.385. The second-order valence-corrected chi connectivity index (χ2v) is 7.18. The van der Waals surface area contributed by atoms with E-state index in [4.69, 9.17) is 23.7 Å². The van der Waals surface area contributed by atoms with Gasteiger partial charge in [-0.1, -0.05) is 0 Å². The quantitative estimate of drug-likeness (QED) is 0.831. The van der Waals surface area contributed by atoms with Crippen LogP contribution in [0, 0.1) is 0 Å². The van der Waals surface area contributed by atoms with Gasteiger partial charge >= 0.3 is 6.09 Å². The smallest absolute Gasteiger partial charge is 0.410 e. The van der Waals surface area contributed by atoms with Gasteiger partial charge in [0, 0.05) is 17.7 Å². The average Bonchev–Trinajstić information content (AvgIpc) is 3.22. The van der Waals surface area contributed by atoms with Crippen molar-refractivity contribution in [3.8, 4) is 39.9 Å². The lowest BCUT2D eigenvalue weighted by Crippen LogP contribution is -2.42. The van der Waals surface area contributed by atoms with Crippen molar-refractivity contribution in [2.24, 2.45) is 0 Å². The van der Waals surface area contributed by atoms with Gasteiger partial charge in [0.05, 0.1) is 27.4 Å². The Morgan fingerprint density at radius 2 is 1.97 bits per heavy atom. The van der Waals surface area contributed by atoms with Gasteiger partial charge in [-0.3, -0.25) is 0 Å². The monoisotopic (exact) mass is 399 g/mol. The normalized spacial score (nSPS) is 18.0. The SMILES string of the molecule is COC(=O)N1CCc2c(OC)c3c(c4c2C1Cc1cc(O)c(OC)cc1-4)OCO3. The Morgan fingerprint density at radius 1 is 1.17 bits per heavy atom. The molecule has 1 aliphatic carbocycles. The standard InChI is InChI=1S/C21H21NO7/c1-25-15-8-12-10(7-14(15)23)6-13-16-11(4-5-22(13)21(24)27-3)18(26-2)20-19(17(12)16)28-9-29-20/h7-8,13,23H,4-6,9H2,1-3H3. The highest BCUT2D eigenvalue weighted by Crippen LogP contribution is 2.59. The molecule has 0 radical (unpaired) electrons. The zero-order valence-electron chi connectivity index (χ0n) is 16.4. The lowest BCUT2D eigenvalue weighted by atomic mass is 9.76. The average molecular weight is 399 g/mol. The molecular formula is C21H21NO7. The predicted octanol–water partition coefficient (Wildman–Crippen LogP) is 3.03. The topological polar surface area (TPSA) is 86.7 Å². The Labute approximate surface area is 167 Å². The molecular weight excluding hydrogens is 378 g/mol. The summed E-state index contributed by atoms with van der Waals surface area (Å²) >= 11 is 0. The molecule has 0 aromatic heterocycles. The summed E-state index contributed by atoms with van der Waals surface area (Å²) in [6, 6.07) is 3.24. The lowest BCUT2D eigenvalue weighted by Gasteiger charge is -2.41. The first kappa shape index (κ1) is 17.8. The second kappa shape index (κ2) is 6.37. The van der Waals surface area contributed by atoms with Gasteiger partial charge in [-0.05, 0) is 41.7 Å². The third-order valence-corrected chi connectivity index (χ3v) is 5.93. The molecule has 8 nitrogen and oxygen atoms in total. The fourth-order valence-corrected chi connectivity index (χ4v) is 4.74. The number of phenolic OH excluding ortho intramolecular Hbond substituents is 1. The van der Waals surface area contributed by atoms with Crippen LogP contribution in [-0.2, 0) is 17.6 Å². The maximum Gasteiger partial charge on any atom is 0.410 e. The van der Waals surface area contributed by atoms with E-state index in [0.29, 0.717) is 42.4 Å². The summed E-state index contributed by atoms with van der Waals surface area (Å²) in [5.74, 6) is 2.25. The number of carbonyl (C=O) groups is 1. The molecule has 29 heavy (non-hydrogen) atoms. The van der Waals surface area contributed by atoms with Gasteiger partial charge in [0.2, 0.25) is 12.5 Å². The number of phenols is 1. The molecule has 3 aliphatic rings. The van der Waals surface area contributed by atoms with Gasteiger partial charge in [-0.25, -0.2) is 4.79 Å². The van der Waals surface area contributed by atoms with E-state index < -0.39 is 0 Å². The number of methoxy groups -OCH3 is 3. The molecule has 2 heterocycles. The van der Waals surface area contributed by atoms with Crippen molar-refractivity contribution >= 4 is 6.09 Å². The van der Waals surface area contributed by atoms with E-state index >= 15 is 0 Å². The molecule has 2 aliphatic heterocycles. The van der Waals surface area contributed by atoms with Crippen LogP contribution in [0.2, 0.25) is 0 Å². The molecule has 152 valence electrons. The molecule has 5 rings (SSSR count). The first-order chi connectivity index (χ1) is 14.1. The summed E-state index contributed by atoms with van der Waals surface area (Å²) in [4.78, 5) is 14.2. The summed E-state index contributed by atoms with van der Waals surface area (Å²) < 4.78 is 27.7. The van der Waals surface area contributed by atoms with Crippen LogP contribution >= 0.6 is 0 Å². The minimum Gasteiger partial charge on any atom is -0.504 e. The highest BCUT2D eigenvalue weighted by atomic mass is 16.7. The van der Waals surface area contributed by atoms with Crippen molar-refractivity contribution in [2.75, 3.05) is 34.7 Å². The summed E-state index contributed by atoms with van der Waals surface area (Å²) in [5.41, 5.74) is 4.62. The molecule has 1 N–H and O–H groups in total. The van der Waals surface area contributed by atoms with Crippen molar-refractivity contribution in [3.05, 3.63) is 28.8 Å². The van der Waals surface area contributed by atoms with E-state index in [1.807, 2.05) is 6.07 Å². The highest BCUT2D eigenvalue weighted by Gasteiger charge is 2.43. The van der Waals surface area contributed by atoms with Gasteiger partial charge in [0.1, 0.15) is 0 Å². The van der Waals surface area contributed by atoms with Crippen LogP contribution in [0.15, 0.2) is 12.1 Å². The summed E-state index contributed by atoms with van der Waals surface area (Å²) in [7, 11) is 4.51. The summed E-state index contributed by atoms with van der Waals surface area (Å²) in [5, 5.41) is 10.3. The number of amides is 1. The Kier molecular flexibility index (Phi) is 3.90. The maximum absolute atomic E-state index is 12.5. The van der Waals surface area contributed by atoms with Crippen LogP contribution in [0.1, 0.15) is 22.7 Å². The Balaban J connectivity index is 1.84. The van der Waals surface area contributed by atoms with Gasteiger partial charge in [0.25, 0.3) is 0 Å². The van der Waals surface area contributed by atoms with Crippen LogP contribution in [0.3, 0.4) is 0 Å². The third-order valence-electron chi connectivity index (χ3n) is 5.93. The number of carbonyl (C=O) groups excluding carboxylic acids is 1. The molecule has 8 heteroatoms. The van der Waals surface area contributed by atoms with Crippen molar-refractivity contribution in [1.29, 1.82) is 0 Å². The summed E-state index contributed by atoms with van der Waals surface area (Å²) in [6.45, 7) is 0.592. The van der Waals surface area contributed by atoms with E-state index in [1.54, 1.807) is 18.1 Å². The first-order valence-electron chi connectivity index (χ1n) is 9.36. The zero-order valence-corrected chi connectivity index (χ0v) is 16.4. The van der Waals surface area contributed by atoms with Crippen molar-refractivity contribution in [2.45, 2.75) is 18.9 Å². The van der Waals surface area contributed by atoms with Gasteiger partial charge in [-0.15, -0.1) is 0 Å². The van der Waals surface area contributed by atoms with Crippen LogP contribution in [-0.4, -0.2) is 50.8 Å². The Morgan fingerprint density at radius 3 is 2.69 bits per heavy atom. The largest absolute Gasteiger partial charge is 0.504 e. The van der Waals surface area contributed by atoms with E-state index in [-0.39, 0.29) is 24.7 Å². The minimum absolute atomic E-state index is 0.0534. The van der Waals surface area contributed by atoms with E-state index in [9.17, 15) is 9.90 Å². The molecule has 0 saturated heterocycles. The Hall–Kier alpha value is -3.29. The number of hydrogen-bond acceptors (Lipinski definition) is 7. The van der Waals surface area contributed by atoms with Crippen LogP contribution in [0.4, 0.5) is 4.79 Å². The van der Waals surface area contributed by atoms with E-state index in [2.05, 4.69) is 0 Å². The predicted molar refractivity (Wildman–Crippen MR) is 102 cm³/mol. The highest BCUT2D eigenvalue weighted by molar-refractivity contribution is 5.88. The molecule has 1 amide bonds. The number of hydrogen-bond donors (Lipinski definition) is 1. The number of benzene rings is 2. The fraction of sp³-hybridized carbons (Fsp3) is 0.381. The van der Waals surface area contributed by atoms with Crippen molar-refractivity contribution in [1.82, 2.24) is 4.90 Å². The number of fused-ring (bicyclic) bond motifs is 4. The van der Waals surface area contributed by atoms with E-state index in [0.717, 1.165) is 27.8 Å². The fourth-order valence-electron chi connectivity index (χ4n) is 4.74. The molecule has 1 atom stereocenters. The third kappa shape index (κ3) is 2.35. The summed E-state index contributed by atoms with van der Waals surface area (Å²) in [6.07, 6.45) is 0.757. The number of aromatic hydroxyl groups is 1. The van der Waals surface area contributed by atoms with Gasteiger partial charge in [0.15, 0.2) is 23.0 Å². The Bertz CT molecular complexity index is 1030. The number of nitrogens with zero attached hydrogens (tertiary/aromatic N) is 1. The van der Waals surface area contributed by atoms with Crippen LogP contribution < -0.4 is 18.9 Å². The molecule has 0 saturated carbocycles. The molecule has 0 bridgehead atoms. The van der Waals surface area contributed by atoms with E-state index in [1.165, 1.54) is 14.2 Å². The number of ether oxygens (including phenoxy) is 5. The van der Waals surface area contributed by atoms with Gasteiger partial charge in [-0.2, -0.15) is 0 Å². The molecule has 0 fully saturated rings. The molecule has 0 spiro atoms. The van der Waals surface area contributed by atoms with Crippen molar-refractivity contribution in [3.63, 3.8) is 0 Å². The number of rotatable bonds is 2. The van der Waals surface area contributed by atoms with Crippen LogP contribution in [0.25, 0.3) is 11.1 Å². The van der Waals surface area contributed by atoms with Gasteiger partial charge < -0.3 is 33.7 Å². The maximum atomic E-state index is 12.5. The molecule has 2 aromatic rings. The van der Waals surface area contributed by atoms with Crippen LogP contribution in [0.5, 0.6) is 28.7 Å². The zero-order chi connectivity index (χ0) is 20.3. The molecule has 1 unspecified atom stereocenters. The second-order valence-electron chi connectivity index (χ2n) is 7.18.